The van der Waals surface area contributed by atoms with E-state index in [1.54, 1.807) is 4.90 Å². The molecule has 1 aromatic rings. The number of hydrogen-bond acceptors (Lipinski definition) is 2. The third kappa shape index (κ3) is 2.30. The smallest absolute Gasteiger partial charge is 0.410 e. The van der Waals surface area contributed by atoms with E-state index in [0.717, 1.165) is 12.0 Å². The van der Waals surface area contributed by atoms with Gasteiger partial charge in [0.2, 0.25) is 0 Å². The van der Waals surface area contributed by atoms with Crippen molar-refractivity contribution in [1.82, 2.24) is 4.90 Å². The number of benzene rings is 1. The highest BCUT2D eigenvalue weighted by Crippen LogP contribution is 2.22. The van der Waals surface area contributed by atoms with Crippen LogP contribution in [-0.2, 0) is 17.7 Å². The number of ether oxygens (including phenoxy) is 1. The van der Waals surface area contributed by atoms with Crippen molar-refractivity contribution in [3.8, 4) is 0 Å². The van der Waals surface area contributed by atoms with Crippen LogP contribution in [0.25, 0.3) is 0 Å². The van der Waals surface area contributed by atoms with Crippen LogP contribution in [0.2, 0.25) is 5.02 Å². The van der Waals surface area contributed by atoms with E-state index in [2.05, 4.69) is 0 Å². The molecule has 16 heavy (non-hydrogen) atoms. The molecular weight excluding hydrogens is 226 g/mol. The summed E-state index contributed by atoms with van der Waals surface area (Å²) in [6, 6.07) is 5.84. The van der Waals surface area contributed by atoms with Gasteiger partial charge < -0.3 is 9.64 Å². The number of fused-ring (bicyclic) bond motifs is 1. The van der Waals surface area contributed by atoms with Crippen molar-refractivity contribution in [2.75, 3.05) is 13.2 Å². The Bertz CT molecular complexity index is 406. The molecule has 0 unspecified atom stereocenters. The zero-order chi connectivity index (χ0) is 11.5. The monoisotopic (exact) mass is 239 g/mol. The number of halogens is 1. The summed E-state index contributed by atoms with van der Waals surface area (Å²) in [5.74, 6) is 0. The third-order valence-corrected chi connectivity index (χ3v) is 2.94. The van der Waals surface area contributed by atoms with E-state index in [0.29, 0.717) is 24.7 Å². The molecule has 0 bridgehead atoms. The van der Waals surface area contributed by atoms with Crippen LogP contribution in [0, 0.1) is 0 Å². The predicted octanol–water partition coefficient (Wildman–Crippen LogP) is 2.85. The van der Waals surface area contributed by atoms with Crippen molar-refractivity contribution >= 4 is 17.7 Å². The van der Waals surface area contributed by atoms with Gasteiger partial charge in [0, 0.05) is 18.1 Å². The highest BCUT2D eigenvalue weighted by molar-refractivity contribution is 6.30. The van der Waals surface area contributed by atoms with Gasteiger partial charge in [0.25, 0.3) is 0 Å². The molecule has 0 radical (unpaired) electrons. The van der Waals surface area contributed by atoms with Crippen LogP contribution in [0.5, 0.6) is 0 Å². The summed E-state index contributed by atoms with van der Waals surface area (Å²) in [6.45, 7) is 3.53. The second kappa shape index (κ2) is 4.74. The van der Waals surface area contributed by atoms with E-state index in [4.69, 9.17) is 16.3 Å². The highest BCUT2D eigenvalue weighted by Gasteiger charge is 2.21. The van der Waals surface area contributed by atoms with Gasteiger partial charge in [-0.2, -0.15) is 0 Å². The van der Waals surface area contributed by atoms with Gasteiger partial charge in [0.05, 0.1) is 6.61 Å². The molecule has 1 amide bonds. The van der Waals surface area contributed by atoms with Crippen LogP contribution in [0.3, 0.4) is 0 Å². The summed E-state index contributed by atoms with van der Waals surface area (Å²) >= 11 is 5.93. The van der Waals surface area contributed by atoms with Gasteiger partial charge in [0.1, 0.15) is 0 Å². The molecule has 0 N–H and O–H groups in total. The Balaban J connectivity index is 2.13. The number of amides is 1. The summed E-state index contributed by atoms with van der Waals surface area (Å²) in [7, 11) is 0. The van der Waals surface area contributed by atoms with Crippen molar-refractivity contribution in [1.29, 1.82) is 0 Å². The maximum atomic E-state index is 11.6. The lowest BCUT2D eigenvalue weighted by Gasteiger charge is -2.28. The maximum Gasteiger partial charge on any atom is 0.410 e. The molecule has 0 saturated carbocycles. The number of carbonyl (C=O) groups excluding carboxylic acids is 1. The Morgan fingerprint density at radius 2 is 2.31 bits per heavy atom. The molecule has 1 aliphatic rings. The van der Waals surface area contributed by atoms with E-state index in [-0.39, 0.29) is 6.09 Å². The first-order chi connectivity index (χ1) is 7.70. The molecular formula is C12H14ClNO2. The number of hydrogen-bond donors (Lipinski definition) is 0. The number of carbonyl (C=O) groups is 1. The first-order valence-corrected chi connectivity index (χ1v) is 5.77. The van der Waals surface area contributed by atoms with Gasteiger partial charge in [-0.05, 0) is 36.6 Å². The van der Waals surface area contributed by atoms with E-state index in [1.165, 1.54) is 5.56 Å². The molecule has 0 fully saturated rings. The third-order valence-electron chi connectivity index (χ3n) is 2.71. The molecule has 0 aliphatic carbocycles. The molecule has 1 aromatic carbocycles. The molecule has 0 aromatic heterocycles. The zero-order valence-corrected chi connectivity index (χ0v) is 9.96. The Hall–Kier alpha value is -1.22. The standard InChI is InChI=1S/C12H14ClNO2/c1-2-16-12(15)14-6-5-9-3-4-11(13)7-10(9)8-14/h3-4,7H,2,5-6,8H2,1H3. The first-order valence-electron chi connectivity index (χ1n) is 5.39. The minimum Gasteiger partial charge on any atom is -0.450 e. The van der Waals surface area contributed by atoms with Crippen LogP contribution in [0.15, 0.2) is 18.2 Å². The summed E-state index contributed by atoms with van der Waals surface area (Å²) in [5, 5.41) is 0.712. The molecule has 86 valence electrons. The van der Waals surface area contributed by atoms with Crippen LogP contribution < -0.4 is 0 Å². The van der Waals surface area contributed by atoms with Crippen molar-refractivity contribution in [3.05, 3.63) is 34.3 Å². The SMILES string of the molecule is CCOC(=O)N1CCc2ccc(Cl)cc2C1. The Kier molecular flexibility index (Phi) is 3.34. The molecule has 0 atom stereocenters. The molecule has 0 saturated heterocycles. The predicted molar refractivity (Wildman–Crippen MR) is 62.6 cm³/mol. The second-order valence-corrected chi connectivity index (χ2v) is 4.22. The minimum atomic E-state index is -0.242. The molecule has 1 heterocycles. The van der Waals surface area contributed by atoms with Crippen molar-refractivity contribution < 1.29 is 9.53 Å². The minimum absolute atomic E-state index is 0.242. The van der Waals surface area contributed by atoms with Gasteiger partial charge in [0.15, 0.2) is 0 Å². The molecule has 1 aliphatic heterocycles. The summed E-state index contributed by atoms with van der Waals surface area (Å²) in [4.78, 5) is 13.3. The highest BCUT2D eigenvalue weighted by atomic mass is 35.5. The van der Waals surface area contributed by atoms with Gasteiger partial charge >= 0.3 is 6.09 Å². The van der Waals surface area contributed by atoms with Gasteiger partial charge in [-0.15, -0.1) is 0 Å². The Labute approximate surface area is 100.0 Å². The molecule has 3 nitrogen and oxygen atoms in total. The average Bonchev–Trinajstić information content (AvgIpc) is 2.28. The van der Waals surface area contributed by atoms with Crippen molar-refractivity contribution in [2.24, 2.45) is 0 Å². The Morgan fingerprint density at radius 1 is 1.50 bits per heavy atom. The summed E-state index contributed by atoms with van der Waals surface area (Å²) < 4.78 is 4.98. The molecule has 2 rings (SSSR count). The van der Waals surface area contributed by atoms with Crippen LogP contribution in [0.4, 0.5) is 4.79 Å². The molecule has 0 spiro atoms. The average molecular weight is 240 g/mol. The van der Waals surface area contributed by atoms with Crippen molar-refractivity contribution in [3.63, 3.8) is 0 Å². The second-order valence-electron chi connectivity index (χ2n) is 3.78. The van der Waals surface area contributed by atoms with Crippen LogP contribution in [0.1, 0.15) is 18.1 Å². The van der Waals surface area contributed by atoms with E-state index >= 15 is 0 Å². The number of rotatable bonds is 1. The summed E-state index contributed by atoms with van der Waals surface area (Å²) in [5.41, 5.74) is 2.39. The van der Waals surface area contributed by atoms with Crippen molar-refractivity contribution in [2.45, 2.75) is 19.9 Å². The fraction of sp³-hybridized carbons (Fsp3) is 0.417. The number of nitrogens with zero attached hydrogens (tertiary/aromatic N) is 1. The van der Waals surface area contributed by atoms with E-state index in [1.807, 2.05) is 25.1 Å². The normalized spacial score (nSPS) is 14.5. The van der Waals surface area contributed by atoms with Crippen LogP contribution >= 0.6 is 11.6 Å². The van der Waals surface area contributed by atoms with Gasteiger partial charge in [-0.3, -0.25) is 0 Å². The lowest BCUT2D eigenvalue weighted by Crippen LogP contribution is -2.36. The Morgan fingerprint density at radius 3 is 3.06 bits per heavy atom. The fourth-order valence-electron chi connectivity index (χ4n) is 1.90. The molecule has 4 heteroatoms. The van der Waals surface area contributed by atoms with Crippen LogP contribution in [-0.4, -0.2) is 24.1 Å². The van der Waals surface area contributed by atoms with Gasteiger partial charge in [-0.25, -0.2) is 4.79 Å². The maximum absolute atomic E-state index is 11.6. The van der Waals surface area contributed by atoms with E-state index < -0.39 is 0 Å². The lowest BCUT2D eigenvalue weighted by atomic mass is 10.0. The zero-order valence-electron chi connectivity index (χ0n) is 9.20. The van der Waals surface area contributed by atoms with E-state index in [9.17, 15) is 4.79 Å². The van der Waals surface area contributed by atoms with Gasteiger partial charge in [-0.1, -0.05) is 17.7 Å². The summed E-state index contributed by atoms with van der Waals surface area (Å²) in [6.07, 6.45) is 0.624. The lowest BCUT2D eigenvalue weighted by molar-refractivity contribution is 0.102. The quantitative estimate of drug-likeness (QED) is 0.754. The largest absolute Gasteiger partial charge is 0.450 e. The topological polar surface area (TPSA) is 29.5 Å². The fourth-order valence-corrected chi connectivity index (χ4v) is 2.09. The first kappa shape index (κ1) is 11.3.